The quantitative estimate of drug-likeness (QED) is 0.874. The van der Waals surface area contributed by atoms with E-state index in [1.54, 1.807) is 13.0 Å². The van der Waals surface area contributed by atoms with Gasteiger partial charge in [-0.1, -0.05) is 18.2 Å². The van der Waals surface area contributed by atoms with Crippen LogP contribution in [0.5, 0.6) is 0 Å². The van der Waals surface area contributed by atoms with Gasteiger partial charge < -0.3 is 10.4 Å². The second-order valence-electron chi connectivity index (χ2n) is 5.03. The number of rotatable bonds is 3. The summed E-state index contributed by atoms with van der Waals surface area (Å²) in [5, 5.41) is 12.9. The molecule has 18 heavy (non-hydrogen) atoms. The van der Waals surface area contributed by atoms with Gasteiger partial charge in [0.25, 0.3) is 0 Å². The largest absolute Gasteiger partial charge is 0.416 e. The van der Waals surface area contributed by atoms with Crippen LogP contribution in [0.3, 0.4) is 0 Å². The third-order valence-corrected chi connectivity index (χ3v) is 3.50. The molecule has 2 N–H and O–H groups in total. The molecule has 100 valence electrons. The molecule has 1 aromatic carbocycles. The van der Waals surface area contributed by atoms with Crippen LogP contribution in [0.2, 0.25) is 0 Å². The van der Waals surface area contributed by atoms with Crippen molar-refractivity contribution in [2.45, 2.75) is 44.1 Å². The highest BCUT2D eigenvalue weighted by Gasteiger charge is 2.40. The molecule has 0 amide bonds. The zero-order valence-corrected chi connectivity index (χ0v) is 10.1. The fraction of sp³-hybridized carbons (Fsp3) is 0.538. The SMILES string of the molecule is C[C@]1(O)CC[C@@H]1NCc1cccc(C(F)(F)F)c1. The number of alkyl halides is 3. The summed E-state index contributed by atoms with van der Waals surface area (Å²) in [6.07, 6.45) is -2.73. The van der Waals surface area contributed by atoms with Gasteiger partial charge >= 0.3 is 6.18 Å². The van der Waals surface area contributed by atoms with E-state index in [1.807, 2.05) is 0 Å². The molecule has 2 nitrogen and oxygen atoms in total. The summed E-state index contributed by atoms with van der Waals surface area (Å²) in [4.78, 5) is 0. The summed E-state index contributed by atoms with van der Waals surface area (Å²) in [6, 6.07) is 5.21. The van der Waals surface area contributed by atoms with Crippen LogP contribution in [-0.4, -0.2) is 16.7 Å². The Balaban J connectivity index is 1.98. The van der Waals surface area contributed by atoms with Crippen molar-refractivity contribution in [3.63, 3.8) is 0 Å². The molecular formula is C13H16F3NO. The monoisotopic (exact) mass is 259 g/mol. The fourth-order valence-electron chi connectivity index (χ4n) is 2.13. The average Bonchev–Trinajstić information content (AvgIpc) is 2.27. The molecule has 2 rings (SSSR count). The summed E-state index contributed by atoms with van der Waals surface area (Å²) < 4.78 is 37.5. The van der Waals surface area contributed by atoms with Gasteiger partial charge in [-0.15, -0.1) is 0 Å². The van der Waals surface area contributed by atoms with E-state index in [9.17, 15) is 18.3 Å². The second-order valence-corrected chi connectivity index (χ2v) is 5.03. The highest BCUT2D eigenvalue weighted by molar-refractivity contribution is 5.25. The van der Waals surface area contributed by atoms with Crippen molar-refractivity contribution < 1.29 is 18.3 Å². The van der Waals surface area contributed by atoms with Crippen molar-refractivity contribution in [3.8, 4) is 0 Å². The molecule has 2 atom stereocenters. The van der Waals surface area contributed by atoms with E-state index in [0.717, 1.165) is 25.0 Å². The number of hydrogen-bond donors (Lipinski definition) is 2. The number of aliphatic hydroxyl groups is 1. The minimum Gasteiger partial charge on any atom is -0.389 e. The smallest absolute Gasteiger partial charge is 0.389 e. The Morgan fingerprint density at radius 3 is 2.67 bits per heavy atom. The molecule has 0 unspecified atom stereocenters. The van der Waals surface area contributed by atoms with Crippen molar-refractivity contribution in [2.75, 3.05) is 0 Å². The van der Waals surface area contributed by atoms with Gasteiger partial charge in [0.1, 0.15) is 0 Å². The van der Waals surface area contributed by atoms with Crippen LogP contribution in [0.15, 0.2) is 24.3 Å². The fourth-order valence-corrected chi connectivity index (χ4v) is 2.13. The van der Waals surface area contributed by atoms with Crippen molar-refractivity contribution in [2.24, 2.45) is 0 Å². The lowest BCUT2D eigenvalue weighted by atomic mass is 9.76. The lowest BCUT2D eigenvalue weighted by molar-refractivity contribution is -0.137. The molecule has 0 spiro atoms. The molecule has 1 aliphatic carbocycles. The van der Waals surface area contributed by atoms with Gasteiger partial charge in [0.05, 0.1) is 11.2 Å². The summed E-state index contributed by atoms with van der Waals surface area (Å²) in [7, 11) is 0. The molecule has 0 saturated heterocycles. The Bertz CT molecular complexity index is 428. The third kappa shape index (κ3) is 2.84. The van der Waals surface area contributed by atoms with Gasteiger partial charge in [-0.2, -0.15) is 13.2 Å². The van der Waals surface area contributed by atoms with E-state index in [1.165, 1.54) is 6.07 Å². The van der Waals surface area contributed by atoms with Gasteiger partial charge in [-0.05, 0) is 31.4 Å². The molecule has 5 heteroatoms. The Kier molecular flexibility index (Phi) is 3.38. The first-order chi connectivity index (χ1) is 8.29. The molecule has 1 aliphatic rings. The Hall–Kier alpha value is -1.07. The van der Waals surface area contributed by atoms with E-state index < -0.39 is 17.3 Å². The number of nitrogens with one attached hydrogen (secondary N) is 1. The molecular weight excluding hydrogens is 243 g/mol. The molecule has 1 aromatic rings. The zero-order chi connectivity index (χ0) is 13.4. The molecule has 0 aliphatic heterocycles. The maximum atomic E-state index is 12.5. The normalized spacial score (nSPS) is 27.9. The first-order valence-corrected chi connectivity index (χ1v) is 5.91. The second kappa shape index (κ2) is 4.55. The van der Waals surface area contributed by atoms with Gasteiger partial charge in [-0.25, -0.2) is 0 Å². The number of halogens is 3. The molecule has 0 radical (unpaired) electrons. The van der Waals surface area contributed by atoms with E-state index >= 15 is 0 Å². The number of hydrogen-bond acceptors (Lipinski definition) is 2. The third-order valence-electron chi connectivity index (χ3n) is 3.50. The summed E-state index contributed by atoms with van der Waals surface area (Å²) in [6.45, 7) is 2.07. The van der Waals surface area contributed by atoms with Crippen molar-refractivity contribution in [1.82, 2.24) is 5.32 Å². The Morgan fingerprint density at radius 1 is 1.44 bits per heavy atom. The van der Waals surface area contributed by atoms with Gasteiger partial charge in [0.2, 0.25) is 0 Å². The minimum absolute atomic E-state index is 0.0351. The topological polar surface area (TPSA) is 32.3 Å². The predicted molar refractivity (Wildman–Crippen MR) is 61.9 cm³/mol. The van der Waals surface area contributed by atoms with E-state index in [0.29, 0.717) is 12.1 Å². The first kappa shape index (κ1) is 13.4. The standard InChI is InChI=1S/C13H16F3NO/c1-12(18)6-5-11(12)17-8-9-3-2-4-10(7-9)13(14,15)16/h2-4,7,11,17-18H,5-6,8H2,1H3/t11-,12-/m0/s1. The maximum absolute atomic E-state index is 12.5. The predicted octanol–water partition coefficient (Wildman–Crippen LogP) is 2.71. The van der Waals surface area contributed by atoms with Gasteiger partial charge in [-0.3, -0.25) is 0 Å². The number of benzene rings is 1. The molecule has 0 aromatic heterocycles. The zero-order valence-electron chi connectivity index (χ0n) is 10.1. The van der Waals surface area contributed by atoms with Crippen LogP contribution in [0, 0.1) is 0 Å². The Labute approximate surface area is 104 Å². The van der Waals surface area contributed by atoms with Gasteiger partial charge in [0, 0.05) is 12.6 Å². The Morgan fingerprint density at radius 2 is 2.17 bits per heavy atom. The van der Waals surface area contributed by atoms with Crippen LogP contribution in [-0.2, 0) is 12.7 Å². The summed E-state index contributed by atoms with van der Waals surface area (Å²) in [5.41, 5.74) is -0.795. The van der Waals surface area contributed by atoms with Crippen molar-refractivity contribution >= 4 is 0 Å². The van der Waals surface area contributed by atoms with Crippen molar-refractivity contribution in [1.29, 1.82) is 0 Å². The minimum atomic E-state index is -4.31. The lowest BCUT2D eigenvalue weighted by Crippen LogP contribution is -2.56. The van der Waals surface area contributed by atoms with Crippen molar-refractivity contribution in [3.05, 3.63) is 35.4 Å². The molecule has 0 heterocycles. The van der Waals surface area contributed by atoms with Crippen LogP contribution < -0.4 is 5.32 Å². The highest BCUT2D eigenvalue weighted by atomic mass is 19.4. The molecule has 0 bridgehead atoms. The first-order valence-electron chi connectivity index (χ1n) is 5.91. The highest BCUT2D eigenvalue weighted by Crippen LogP contribution is 2.32. The summed E-state index contributed by atoms with van der Waals surface area (Å²) in [5.74, 6) is 0. The van der Waals surface area contributed by atoms with Crippen LogP contribution in [0.1, 0.15) is 30.9 Å². The molecule has 1 fully saturated rings. The van der Waals surface area contributed by atoms with Crippen LogP contribution in [0.4, 0.5) is 13.2 Å². The van der Waals surface area contributed by atoms with E-state index in [4.69, 9.17) is 0 Å². The van der Waals surface area contributed by atoms with E-state index in [2.05, 4.69) is 5.32 Å². The maximum Gasteiger partial charge on any atom is 0.416 e. The van der Waals surface area contributed by atoms with Crippen LogP contribution in [0.25, 0.3) is 0 Å². The summed E-state index contributed by atoms with van der Waals surface area (Å²) >= 11 is 0. The molecule has 1 saturated carbocycles. The lowest BCUT2D eigenvalue weighted by Gasteiger charge is -2.43. The van der Waals surface area contributed by atoms with Crippen LogP contribution >= 0.6 is 0 Å². The van der Waals surface area contributed by atoms with E-state index in [-0.39, 0.29) is 6.04 Å². The van der Waals surface area contributed by atoms with Gasteiger partial charge in [0.15, 0.2) is 0 Å². The average molecular weight is 259 g/mol.